The molecule has 1 aliphatic rings. The van der Waals surface area contributed by atoms with Crippen molar-refractivity contribution in [3.05, 3.63) is 65.6 Å². The van der Waals surface area contributed by atoms with E-state index in [1.165, 1.54) is 0 Å². The maximum atomic E-state index is 11.9. The van der Waals surface area contributed by atoms with E-state index in [1.807, 2.05) is 42.7 Å². The van der Waals surface area contributed by atoms with Crippen molar-refractivity contribution < 1.29 is 9.90 Å². The molecule has 30 heavy (non-hydrogen) atoms. The first kappa shape index (κ1) is 18.4. The molecule has 1 aliphatic carbocycles. The highest BCUT2D eigenvalue weighted by molar-refractivity contribution is 5.91. The van der Waals surface area contributed by atoms with Crippen molar-refractivity contribution in [1.29, 1.82) is 0 Å². The quantitative estimate of drug-likeness (QED) is 0.533. The van der Waals surface area contributed by atoms with E-state index in [1.54, 1.807) is 4.68 Å². The van der Waals surface area contributed by atoms with Gasteiger partial charge in [-0.15, -0.1) is 0 Å². The molecule has 5 rings (SSSR count). The minimum Gasteiger partial charge on any atom is -0.477 e. The number of hydrogen-bond acceptors (Lipinski definition) is 5. The number of aryl methyl sites for hydroxylation is 2. The number of aromatic nitrogens is 4. The number of hydrogen-bond donors (Lipinski definition) is 2. The molecule has 0 bridgehead atoms. The molecule has 4 aromatic rings. The molecule has 3 aromatic heterocycles. The average Bonchev–Trinajstić information content (AvgIpc) is 3.16. The minimum absolute atomic E-state index is 0.273. The van der Waals surface area contributed by atoms with Crippen molar-refractivity contribution in [3.8, 4) is 22.5 Å². The molecule has 0 saturated heterocycles. The average molecular weight is 399 g/mol. The number of para-hydroxylation sites is 1. The third-order valence-corrected chi connectivity index (χ3v) is 5.60. The standard InChI is InChI=1S/C23H21N5O2/c24-8-3-9-28-22(23(29)30)17-7-6-15-12-26-20(11-18(15)21(17)27-28)16-10-14-4-1-2-5-19(14)25-13-16/h1-2,4-5,10-13H,3,6-9,24H2,(H,29,30). The molecule has 150 valence electrons. The number of fused-ring (bicyclic) bond motifs is 4. The molecule has 0 radical (unpaired) electrons. The Labute approximate surface area is 173 Å². The largest absolute Gasteiger partial charge is 0.477 e. The molecule has 0 atom stereocenters. The van der Waals surface area contributed by atoms with Gasteiger partial charge in [0.1, 0.15) is 5.69 Å². The summed E-state index contributed by atoms with van der Waals surface area (Å²) in [5.41, 5.74) is 12.1. The Kier molecular flexibility index (Phi) is 4.52. The molecule has 3 heterocycles. The summed E-state index contributed by atoms with van der Waals surface area (Å²) in [6.07, 6.45) is 5.77. The van der Waals surface area contributed by atoms with Gasteiger partial charge in [-0.05, 0) is 49.6 Å². The van der Waals surface area contributed by atoms with Gasteiger partial charge in [-0.2, -0.15) is 5.10 Å². The highest BCUT2D eigenvalue weighted by atomic mass is 16.4. The van der Waals surface area contributed by atoms with Crippen molar-refractivity contribution in [1.82, 2.24) is 19.7 Å². The third kappa shape index (κ3) is 3.04. The number of carboxylic acids is 1. The zero-order valence-electron chi connectivity index (χ0n) is 16.4. The van der Waals surface area contributed by atoms with Crippen LogP contribution in [0.25, 0.3) is 33.4 Å². The van der Waals surface area contributed by atoms with Gasteiger partial charge in [-0.3, -0.25) is 14.6 Å². The van der Waals surface area contributed by atoms with Crippen LogP contribution >= 0.6 is 0 Å². The number of benzene rings is 1. The van der Waals surface area contributed by atoms with Gasteiger partial charge < -0.3 is 10.8 Å². The molecular weight excluding hydrogens is 378 g/mol. The molecular formula is C23H21N5O2. The summed E-state index contributed by atoms with van der Waals surface area (Å²) in [5.74, 6) is -0.947. The Morgan fingerprint density at radius 3 is 2.83 bits per heavy atom. The Morgan fingerprint density at radius 1 is 1.13 bits per heavy atom. The summed E-state index contributed by atoms with van der Waals surface area (Å²) in [6, 6.07) is 12.0. The van der Waals surface area contributed by atoms with Gasteiger partial charge in [0.2, 0.25) is 0 Å². The topological polar surface area (TPSA) is 107 Å². The fourth-order valence-electron chi connectivity index (χ4n) is 4.13. The zero-order valence-corrected chi connectivity index (χ0v) is 16.4. The van der Waals surface area contributed by atoms with Crippen molar-refractivity contribution in [2.45, 2.75) is 25.8 Å². The predicted molar refractivity (Wildman–Crippen MR) is 114 cm³/mol. The maximum Gasteiger partial charge on any atom is 0.354 e. The lowest BCUT2D eigenvalue weighted by Gasteiger charge is -2.16. The summed E-state index contributed by atoms with van der Waals surface area (Å²) >= 11 is 0. The van der Waals surface area contributed by atoms with Crippen LogP contribution in [-0.4, -0.2) is 37.4 Å². The number of pyridine rings is 2. The van der Waals surface area contributed by atoms with Crippen LogP contribution < -0.4 is 5.73 Å². The smallest absolute Gasteiger partial charge is 0.354 e. The Hall–Kier alpha value is -3.58. The van der Waals surface area contributed by atoms with E-state index in [-0.39, 0.29) is 5.69 Å². The van der Waals surface area contributed by atoms with Gasteiger partial charge in [-0.1, -0.05) is 18.2 Å². The number of nitrogens with two attached hydrogens (primary N) is 1. The number of aromatic carboxylic acids is 1. The van der Waals surface area contributed by atoms with Gasteiger partial charge in [0.15, 0.2) is 0 Å². The second-order valence-electron chi connectivity index (χ2n) is 7.49. The molecule has 7 heteroatoms. The van der Waals surface area contributed by atoms with Crippen LogP contribution in [0.3, 0.4) is 0 Å². The summed E-state index contributed by atoms with van der Waals surface area (Å²) in [4.78, 5) is 21.1. The molecule has 0 aliphatic heterocycles. The van der Waals surface area contributed by atoms with Crippen molar-refractivity contribution in [3.63, 3.8) is 0 Å². The number of carboxylic acid groups (broad SMARTS) is 1. The van der Waals surface area contributed by atoms with Gasteiger partial charge in [0, 0.05) is 41.0 Å². The van der Waals surface area contributed by atoms with Gasteiger partial charge in [0.05, 0.1) is 16.9 Å². The Morgan fingerprint density at radius 2 is 2.00 bits per heavy atom. The van der Waals surface area contributed by atoms with E-state index in [0.717, 1.165) is 51.0 Å². The van der Waals surface area contributed by atoms with Gasteiger partial charge in [-0.25, -0.2) is 4.79 Å². The second-order valence-corrected chi connectivity index (χ2v) is 7.49. The van der Waals surface area contributed by atoms with Crippen molar-refractivity contribution >= 4 is 16.9 Å². The normalized spacial score (nSPS) is 12.6. The number of carbonyl (C=O) groups is 1. The molecule has 0 spiro atoms. The van der Waals surface area contributed by atoms with Crippen LogP contribution in [0.15, 0.2) is 48.8 Å². The molecule has 0 fully saturated rings. The zero-order chi connectivity index (χ0) is 20.7. The van der Waals surface area contributed by atoms with Crippen LogP contribution in [-0.2, 0) is 19.4 Å². The third-order valence-electron chi connectivity index (χ3n) is 5.60. The molecule has 0 saturated carbocycles. The first-order valence-electron chi connectivity index (χ1n) is 10.0. The summed E-state index contributed by atoms with van der Waals surface area (Å²) < 4.78 is 1.59. The van der Waals surface area contributed by atoms with E-state index < -0.39 is 5.97 Å². The lowest BCUT2D eigenvalue weighted by molar-refractivity contribution is 0.0681. The van der Waals surface area contributed by atoms with E-state index >= 15 is 0 Å². The van der Waals surface area contributed by atoms with Crippen molar-refractivity contribution in [2.75, 3.05) is 6.54 Å². The summed E-state index contributed by atoms with van der Waals surface area (Å²) in [7, 11) is 0. The molecule has 0 amide bonds. The van der Waals surface area contributed by atoms with Crippen LogP contribution in [0, 0.1) is 0 Å². The number of nitrogens with zero attached hydrogens (tertiary/aromatic N) is 4. The summed E-state index contributed by atoms with van der Waals surface area (Å²) in [5, 5.41) is 15.5. The van der Waals surface area contributed by atoms with E-state index in [9.17, 15) is 9.90 Å². The monoisotopic (exact) mass is 399 g/mol. The highest BCUT2D eigenvalue weighted by Crippen LogP contribution is 2.36. The molecule has 3 N–H and O–H groups in total. The SMILES string of the molecule is NCCCn1nc2c(c1C(=O)O)CCc1cnc(-c3cnc4ccccc4c3)cc1-2. The first-order chi connectivity index (χ1) is 14.7. The Bertz CT molecular complexity index is 1280. The van der Waals surface area contributed by atoms with E-state index in [2.05, 4.69) is 21.1 Å². The fourth-order valence-corrected chi connectivity index (χ4v) is 4.13. The van der Waals surface area contributed by atoms with Gasteiger partial charge >= 0.3 is 5.97 Å². The van der Waals surface area contributed by atoms with Crippen LogP contribution in [0.5, 0.6) is 0 Å². The van der Waals surface area contributed by atoms with E-state index in [0.29, 0.717) is 25.9 Å². The molecule has 7 nitrogen and oxygen atoms in total. The predicted octanol–water partition coefficient (Wildman–Crippen LogP) is 3.31. The maximum absolute atomic E-state index is 11.9. The molecule has 0 unspecified atom stereocenters. The first-order valence-corrected chi connectivity index (χ1v) is 10.0. The molecule has 1 aromatic carbocycles. The van der Waals surface area contributed by atoms with E-state index in [4.69, 9.17) is 5.73 Å². The Balaban J connectivity index is 1.63. The van der Waals surface area contributed by atoms with Crippen molar-refractivity contribution in [2.24, 2.45) is 5.73 Å². The number of rotatable bonds is 5. The fraction of sp³-hybridized carbons (Fsp3) is 0.217. The lowest BCUT2D eigenvalue weighted by atomic mass is 9.89. The van der Waals surface area contributed by atoms with Crippen LogP contribution in [0.2, 0.25) is 0 Å². The lowest BCUT2D eigenvalue weighted by Crippen LogP contribution is -2.14. The van der Waals surface area contributed by atoms with Gasteiger partial charge in [0.25, 0.3) is 0 Å². The van der Waals surface area contributed by atoms with Crippen LogP contribution in [0.4, 0.5) is 0 Å². The minimum atomic E-state index is -0.947. The summed E-state index contributed by atoms with van der Waals surface area (Å²) in [6.45, 7) is 0.982. The highest BCUT2D eigenvalue weighted by Gasteiger charge is 2.28. The van der Waals surface area contributed by atoms with Crippen LogP contribution in [0.1, 0.15) is 28.0 Å². The second kappa shape index (κ2) is 7.35.